The van der Waals surface area contributed by atoms with Gasteiger partial charge in [0.05, 0.1) is 23.6 Å². The van der Waals surface area contributed by atoms with Crippen LogP contribution in [-0.2, 0) is 19.7 Å². The Kier molecular flexibility index (Phi) is 10.1. The molecule has 1 aliphatic rings. The van der Waals surface area contributed by atoms with Crippen molar-refractivity contribution < 1.29 is 33.3 Å². The van der Waals surface area contributed by atoms with E-state index in [2.05, 4.69) is 11.4 Å². The molecule has 5 atom stereocenters. The lowest BCUT2D eigenvalue weighted by atomic mass is 9.62. The molecule has 2 aromatic rings. The number of rotatable bonds is 11. The molecule has 216 valence electrons. The fourth-order valence-corrected chi connectivity index (χ4v) is 5.78. The monoisotopic (exact) mass is 597 g/mol. The summed E-state index contributed by atoms with van der Waals surface area (Å²) in [6, 6.07) is 7.71. The molecule has 2 aromatic carbocycles. The summed E-state index contributed by atoms with van der Waals surface area (Å²) in [5, 5.41) is 33.4. The third kappa shape index (κ3) is 6.56. The number of halogens is 4. The summed E-state index contributed by atoms with van der Waals surface area (Å²) < 4.78 is 36.6. The number of esters is 1. The van der Waals surface area contributed by atoms with Crippen LogP contribution in [0, 0.1) is 28.4 Å². The number of amides is 1. The Balaban J connectivity index is 2.24. The maximum Gasteiger partial charge on any atom is 0.323 e. The first-order valence-corrected chi connectivity index (χ1v) is 13.3. The molecule has 1 saturated heterocycles. The van der Waals surface area contributed by atoms with Crippen LogP contribution in [0.3, 0.4) is 0 Å². The second-order valence-corrected chi connectivity index (χ2v) is 11.6. The highest BCUT2D eigenvalue weighted by atomic mass is 35.5. The molecular weight excluding hydrogens is 567 g/mol. The van der Waals surface area contributed by atoms with Gasteiger partial charge in [-0.2, -0.15) is 5.26 Å². The molecule has 1 aliphatic heterocycles. The fourth-order valence-electron chi connectivity index (χ4n) is 5.44. The first kappa shape index (κ1) is 31.7. The molecule has 40 heavy (non-hydrogen) atoms. The standard InChI is InChI=1S/C28H31Cl2F2N3O5/c1-27(2,8-9-36)12-21-28(14-33,18-7-6-15(29)10-20(18)31)23(17-4-3-5-19(30)24(17)32)25(35-21)26(39)40-13-16(37)11-22(34)38/h3-7,10,16,21,23,25,35-37H,8-9,11-13H2,1-2H3,(H2,34,38)/t16-,21+,23+,25-,28+/m0/s1. The van der Waals surface area contributed by atoms with Crippen molar-refractivity contribution in [3.8, 4) is 6.07 Å². The first-order chi connectivity index (χ1) is 18.8. The Bertz CT molecular complexity index is 1310. The fraction of sp³-hybridized carbons (Fsp3) is 0.464. The van der Waals surface area contributed by atoms with Gasteiger partial charge in [-0.05, 0) is 42.0 Å². The van der Waals surface area contributed by atoms with Crippen molar-refractivity contribution in [2.45, 2.75) is 62.6 Å². The lowest BCUT2D eigenvalue weighted by Gasteiger charge is -2.38. The van der Waals surface area contributed by atoms with Crippen molar-refractivity contribution in [1.82, 2.24) is 5.32 Å². The van der Waals surface area contributed by atoms with Crippen LogP contribution in [0.15, 0.2) is 36.4 Å². The molecule has 1 fully saturated rings. The van der Waals surface area contributed by atoms with E-state index in [9.17, 15) is 25.1 Å². The normalized spacial score (nSPS) is 23.4. The number of aliphatic hydroxyl groups excluding tert-OH is 2. The summed E-state index contributed by atoms with van der Waals surface area (Å²) in [4.78, 5) is 24.6. The third-order valence-corrected chi connectivity index (χ3v) is 7.81. The second kappa shape index (κ2) is 12.8. The number of carbonyl (C=O) groups is 2. The van der Waals surface area contributed by atoms with Crippen LogP contribution < -0.4 is 11.1 Å². The van der Waals surface area contributed by atoms with Gasteiger partial charge in [0.2, 0.25) is 5.91 Å². The number of nitrogens with zero attached hydrogens (tertiary/aromatic N) is 1. The van der Waals surface area contributed by atoms with E-state index in [1.165, 1.54) is 30.3 Å². The van der Waals surface area contributed by atoms with Crippen molar-refractivity contribution >= 4 is 35.1 Å². The molecule has 3 rings (SSSR count). The number of aliphatic hydroxyl groups is 2. The minimum absolute atomic E-state index is 0.0716. The van der Waals surface area contributed by atoms with Crippen molar-refractivity contribution in [3.05, 3.63) is 69.2 Å². The summed E-state index contributed by atoms with van der Waals surface area (Å²) in [6.45, 7) is 2.92. The molecule has 0 unspecified atom stereocenters. The minimum Gasteiger partial charge on any atom is -0.462 e. The van der Waals surface area contributed by atoms with Gasteiger partial charge in [-0.1, -0.05) is 55.2 Å². The molecule has 1 heterocycles. The number of ether oxygens (including phenoxy) is 1. The third-order valence-electron chi connectivity index (χ3n) is 7.29. The predicted octanol–water partition coefficient (Wildman–Crippen LogP) is 3.74. The molecule has 0 radical (unpaired) electrons. The van der Waals surface area contributed by atoms with Gasteiger partial charge in [-0.3, -0.25) is 14.9 Å². The highest BCUT2D eigenvalue weighted by molar-refractivity contribution is 6.31. The number of carbonyl (C=O) groups excluding carboxylic acids is 2. The molecule has 8 nitrogen and oxygen atoms in total. The maximum atomic E-state index is 15.6. The number of nitrogens with one attached hydrogen (secondary N) is 1. The average molecular weight is 598 g/mol. The summed E-state index contributed by atoms with van der Waals surface area (Å²) in [7, 11) is 0. The SMILES string of the molecule is CC(C)(CCO)C[C@H]1N[C@H](C(=O)OC[C@@H](O)CC(N)=O)[C@@H](c2cccc(Cl)c2F)[C@]1(C#N)c1ccc(Cl)cc1F. The summed E-state index contributed by atoms with van der Waals surface area (Å²) >= 11 is 12.1. The minimum atomic E-state index is -1.89. The van der Waals surface area contributed by atoms with Crippen molar-refractivity contribution in [1.29, 1.82) is 5.26 Å². The quantitative estimate of drug-likeness (QED) is 0.289. The first-order valence-electron chi connectivity index (χ1n) is 12.6. The van der Waals surface area contributed by atoms with Crippen molar-refractivity contribution in [3.63, 3.8) is 0 Å². The number of nitriles is 1. The zero-order chi connectivity index (χ0) is 29.8. The average Bonchev–Trinajstić information content (AvgIpc) is 3.17. The lowest BCUT2D eigenvalue weighted by molar-refractivity contribution is -0.150. The lowest BCUT2D eigenvalue weighted by Crippen LogP contribution is -2.45. The Morgan fingerprint density at radius 3 is 2.58 bits per heavy atom. The van der Waals surface area contributed by atoms with E-state index in [1.807, 2.05) is 13.8 Å². The molecular formula is C28H31Cl2F2N3O5. The van der Waals surface area contributed by atoms with Gasteiger partial charge in [0, 0.05) is 29.2 Å². The molecule has 1 amide bonds. The molecule has 0 bridgehead atoms. The van der Waals surface area contributed by atoms with Gasteiger partial charge in [-0.15, -0.1) is 0 Å². The number of primary amides is 1. The topological polar surface area (TPSA) is 146 Å². The van der Waals surface area contributed by atoms with Crippen LogP contribution in [-0.4, -0.2) is 53.5 Å². The Hall–Kier alpha value is -2.81. The van der Waals surface area contributed by atoms with Gasteiger partial charge < -0.3 is 20.7 Å². The summed E-state index contributed by atoms with van der Waals surface area (Å²) in [6.07, 6.45) is -1.37. The Morgan fingerprint density at radius 1 is 1.27 bits per heavy atom. The Morgan fingerprint density at radius 2 is 1.98 bits per heavy atom. The zero-order valence-corrected chi connectivity index (χ0v) is 23.5. The molecule has 0 aromatic heterocycles. The van der Waals surface area contributed by atoms with E-state index < -0.39 is 71.5 Å². The molecule has 12 heteroatoms. The largest absolute Gasteiger partial charge is 0.462 e. The molecule has 0 saturated carbocycles. The predicted molar refractivity (Wildman–Crippen MR) is 144 cm³/mol. The smallest absolute Gasteiger partial charge is 0.323 e. The number of nitrogens with two attached hydrogens (primary N) is 1. The van der Waals surface area contributed by atoms with Crippen LogP contribution in [0.5, 0.6) is 0 Å². The maximum absolute atomic E-state index is 15.6. The van der Waals surface area contributed by atoms with Gasteiger partial charge in [0.25, 0.3) is 0 Å². The van der Waals surface area contributed by atoms with E-state index in [0.29, 0.717) is 6.42 Å². The van der Waals surface area contributed by atoms with Crippen LogP contribution in [0.1, 0.15) is 50.2 Å². The summed E-state index contributed by atoms with van der Waals surface area (Å²) in [5.74, 6) is -4.87. The summed E-state index contributed by atoms with van der Waals surface area (Å²) in [5.41, 5.74) is 2.35. The van der Waals surface area contributed by atoms with Crippen LogP contribution in [0.2, 0.25) is 10.0 Å². The van der Waals surface area contributed by atoms with Crippen LogP contribution in [0.4, 0.5) is 8.78 Å². The van der Waals surface area contributed by atoms with Crippen molar-refractivity contribution in [2.75, 3.05) is 13.2 Å². The van der Waals surface area contributed by atoms with Crippen LogP contribution >= 0.6 is 23.2 Å². The van der Waals surface area contributed by atoms with Gasteiger partial charge in [0.1, 0.15) is 29.7 Å². The number of benzene rings is 2. The number of hydrogen-bond donors (Lipinski definition) is 4. The van der Waals surface area contributed by atoms with Gasteiger partial charge in [0.15, 0.2) is 0 Å². The van der Waals surface area contributed by atoms with E-state index in [4.69, 9.17) is 33.7 Å². The number of hydrogen-bond acceptors (Lipinski definition) is 7. The van der Waals surface area contributed by atoms with Gasteiger partial charge in [-0.25, -0.2) is 8.78 Å². The van der Waals surface area contributed by atoms with E-state index in [0.717, 1.165) is 6.07 Å². The van der Waals surface area contributed by atoms with Crippen LogP contribution in [0.25, 0.3) is 0 Å². The van der Waals surface area contributed by atoms with E-state index in [-0.39, 0.29) is 34.2 Å². The Labute approximate surface area is 241 Å². The second-order valence-electron chi connectivity index (χ2n) is 10.7. The highest BCUT2D eigenvalue weighted by Crippen LogP contribution is 2.53. The molecule has 0 spiro atoms. The van der Waals surface area contributed by atoms with E-state index in [1.54, 1.807) is 0 Å². The molecule has 0 aliphatic carbocycles. The van der Waals surface area contributed by atoms with Gasteiger partial charge >= 0.3 is 5.97 Å². The zero-order valence-electron chi connectivity index (χ0n) is 22.0. The highest BCUT2D eigenvalue weighted by Gasteiger charge is 2.61. The van der Waals surface area contributed by atoms with E-state index >= 15 is 8.78 Å². The molecule has 5 N–H and O–H groups in total. The van der Waals surface area contributed by atoms with Crippen molar-refractivity contribution in [2.24, 2.45) is 11.1 Å².